The molecule has 1 fully saturated rings. The molecule has 2 nitrogen and oxygen atoms in total. The van der Waals surface area contributed by atoms with Gasteiger partial charge in [0.15, 0.2) is 0 Å². The molecule has 0 aromatic heterocycles. The van der Waals surface area contributed by atoms with Gasteiger partial charge in [-0.15, -0.1) is 0 Å². The summed E-state index contributed by atoms with van der Waals surface area (Å²) in [5, 5.41) is 0. The molecule has 2 N–H and O–H groups in total. The fourth-order valence-electron chi connectivity index (χ4n) is 2.57. The Kier molecular flexibility index (Phi) is 4.13. The second-order valence-electron chi connectivity index (χ2n) is 4.94. The fraction of sp³-hybridized carbons (Fsp3) is 0.571. The third-order valence-corrected chi connectivity index (χ3v) is 3.63. The van der Waals surface area contributed by atoms with E-state index < -0.39 is 0 Å². The van der Waals surface area contributed by atoms with E-state index in [0.717, 1.165) is 25.2 Å². The Bertz CT molecular complexity index is 378. The van der Waals surface area contributed by atoms with Crippen molar-refractivity contribution in [3.05, 3.63) is 35.1 Å². The molecule has 0 aliphatic carbocycles. The highest BCUT2D eigenvalue weighted by Crippen LogP contribution is 2.19. The maximum Gasteiger partial charge on any atom is 0.126 e. The Morgan fingerprint density at radius 1 is 1.41 bits per heavy atom. The maximum atomic E-state index is 13.2. The molecule has 0 amide bonds. The van der Waals surface area contributed by atoms with Crippen molar-refractivity contribution in [3.8, 4) is 0 Å². The maximum absolute atomic E-state index is 13.2. The second kappa shape index (κ2) is 5.61. The van der Waals surface area contributed by atoms with Crippen LogP contribution < -0.4 is 5.73 Å². The van der Waals surface area contributed by atoms with Gasteiger partial charge in [-0.25, -0.2) is 4.39 Å². The quantitative estimate of drug-likeness (QED) is 0.873. The van der Waals surface area contributed by atoms with Crippen LogP contribution >= 0.6 is 0 Å². The van der Waals surface area contributed by atoms with E-state index in [2.05, 4.69) is 4.90 Å². The number of halogens is 1. The van der Waals surface area contributed by atoms with Crippen LogP contribution in [-0.2, 0) is 6.54 Å². The first-order chi connectivity index (χ1) is 8.20. The summed E-state index contributed by atoms with van der Waals surface area (Å²) in [6.07, 6.45) is 3.72. The highest BCUT2D eigenvalue weighted by atomic mass is 19.1. The first kappa shape index (κ1) is 12.5. The average Bonchev–Trinajstić information content (AvgIpc) is 2.34. The molecule has 0 bridgehead atoms. The average molecular weight is 236 g/mol. The molecule has 1 unspecified atom stereocenters. The fourth-order valence-corrected chi connectivity index (χ4v) is 2.57. The smallest absolute Gasteiger partial charge is 0.126 e. The van der Waals surface area contributed by atoms with Gasteiger partial charge in [-0.1, -0.05) is 18.6 Å². The van der Waals surface area contributed by atoms with E-state index in [9.17, 15) is 4.39 Å². The number of benzene rings is 1. The SMILES string of the molecule is Cc1cc(CN2CCCCC2CN)ccc1F. The lowest BCUT2D eigenvalue weighted by molar-refractivity contribution is 0.145. The lowest BCUT2D eigenvalue weighted by Gasteiger charge is -2.35. The lowest BCUT2D eigenvalue weighted by Crippen LogP contribution is -2.43. The minimum atomic E-state index is -0.122. The van der Waals surface area contributed by atoms with Crippen LogP contribution in [-0.4, -0.2) is 24.0 Å². The van der Waals surface area contributed by atoms with Crippen LogP contribution in [0.1, 0.15) is 30.4 Å². The van der Waals surface area contributed by atoms with E-state index in [1.165, 1.54) is 24.8 Å². The predicted octanol–water partition coefficient (Wildman–Crippen LogP) is 2.45. The van der Waals surface area contributed by atoms with E-state index >= 15 is 0 Å². The van der Waals surface area contributed by atoms with E-state index in [4.69, 9.17) is 5.73 Å². The number of rotatable bonds is 3. The highest BCUT2D eigenvalue weighted by molar-refractivity contribution is 5.24. The molecule has 1 aromatic carbocycles. The molecule has 1 atom stereocenters. The number of hydrogen-bond donors (Lipinski definition) is 1. The summed E-state index contributed by atoms with van der Waals surface area (Å²) in [4.78, 5) is 2.43. The monoisotopic (exact) mass is 236 g/mol. The summed E-state index contributed by atoms with van der Waals surface area (Å²) in [6.45, 7) is 4.54. The van der Waals surface area contributed by atoms with Crippen LogP contribution in [0.2, 0.25) is 0 Å². The minimum Gasteiger partial charge on any atom is -0.329 e. The van der Waals surface area contributed by atoms with Crippen molar-refractivity contribution in [2.24, 2.45) is 5.73 Å². The zero-order valence-electron chi connectivity index (χ0n) is 10.5. The van der Waals surface area contributed by atoms with Crippen molar-refractivity contribution in [2.75, 3.05) is 13.1 Å². The first-order valence-corrected chi connectivity index (χ1v) is 6.40. The zero-order valence-corrected chi connectivity index (χ0v) is 10.5. The second-order valence-corrected chi connectivity index (χ2v) is 4.94. The summed E-state index contributed by atoms with van der Waals surface area (Å²) in [7, 11) is 0. The van der Waals surface area contributed by atoms with Gasteiger partial charge in [-0.3, -0.25) is 4.90 Å². The summed E-state index contributed by atoms with van der Waals surface area (Å²) >= 11 is 0. The van der Waals surface area contributed by atoms with E-state index in [1.807, 2.05) is 19.1 Å². The van der Waals surface area contributed by atoms with Crippen molar-refractivity contribution in [1.82, 2.24) is 4.90 Å². The number of nitrogens with two attached hydrogens (primary N) is 1. The summed E-state index contributed by atoms with van der Waals surface area (Å²) in [6, 6.07) is 5.88. The third-order valence-electron chi connectivity index (χ3n) is 3.63. The Labute approximate surface area is 103 Å². The van der Waals surface area contributed by atoms with E-state index in [1.54, 1.807) is 6.07 Å². The van der Waals surface area contributed by atoms with Crippen LogP contribution in [0, 0.1) is 12.7 Å². The Morgan fingerprint density at radius 2 is 2.24 bits per heavy atom. The lowest BCUT2D eigenvalue weighted by atomic mass is 10.0. The Hall–Kier alpha value is -0.930. The first-order valence-electron chi connectivity index (χ1n) is 6.40. The molecule has 1 aromatic rings. The molecule has 94 valence electrons. The molecular formula is C14H21FN2. The number of hydrogen-bond acceptors (Lipinski definition) is 2. The summed E-state index contributed by atoms with van der Waals surface area (Å²) < 4.78 is 13.2. The van der Waals surface area contributed by atoms with Crippen molar-refractivity contribution >= 4 is 0 Å². The molecule has 17 heavy (non-hydrogen) atoms. The number of piperidine rings is 1. The van der Waals surface area contributed by atoms with Crippen LogP contribution in [0.5, 0.6) is 0 Å². The van der Waals surface area contributed by atoms with Gasteiger partial charge in [0.2, 0.25) is 0 Å². The number of nitrogens with zero attached hydrogens (tertiary/aromatic N) is 1. The third kappa shape index (κ3) is 3.05. The molecule has 1 saturated heterocycles. The van der Waals surface area contributed by atoms with Crippen molar-refractivity contribution in [3.63, 3.8) is 0 Å². The molecule has 3 heteroatoms. The predicted molar refractivity (Wildman–Crippen MR) is 68.2 cm³/mol. The van der Waals surface area contributed by atoms with Crippen molar-refractivity contribution < 1.29 is 4.39 Å². The van der Waals surface area contributed by atoms with Gasteiger partial charge in [-0.2, -0.15) is 0 Å². The van der Waals surface area contributed by atoms with Crippen LogP contribution in [0.3, 0.4) is 0 Å². The van der Waals surface area contributed by atoms with Gasteiger partial charge in [0.1, 0.15) is 5.82 Å². The Balaban J connectivity index is 2.05. The topological polar surface area (TPSA) is 29.3 Å². The standard InChI is InChI=1S/C14H21FN2/c1-11-8-12(5-6-14(11)15)10-17-7-3-2-4-13(17)9-16/h5-6,8,13H,2-4,7,9-10,16H2,1H3. The molecule has 1 aliphatic rings. The number of aryl methyl sites for hydroxylation is 1. The minimum absolute atomic E-state index is 0.122. The van der Waals surface area contributed by atoms with E-state index in [-0.39, 0.29) is 5.82 Å². The van der Waals surface area contributed by atoms with Crippen molar-refractivity contribution in [2.45, 2.75) is 38.8 Å². The van der Waals surface area contributed by atoms with Crippen LogP contribution in [0.4, 0.5) is 4.39 Å². The van der Waals surface area contributed by atoms with Gasteiger partial charge in [-0.05, 0) is 43.5 Å². The Morgan fingerprint density at radius 3 is 2.94 bits per heavy atom. The van der Waals surface area contributed by atoms with Gasteiger partial charge in [0, 0.05) is 19.1 Å². The molecular weight excluding hydrogens is 215 g/mol. The van der Waals surface area contributed by atoms with Gasteiger partial charge in [0.25, 0.3) is 0 Å². The number of likely N-dealkylation sites (tertiary alicyclic amines) is 1. The van der Waals surface area contributed by atoms with Crippen LogP contribution in [0.25, 0.3) is 0 Å². The van der Waals surface area contributed by atoms with Gasteiger partial charge >= 0.3 is 0 Å². The van der Waals surface area contributed by atoms with Crippen molar-refractivity contribution in [1.29, 1.82) is 0 Å². The summed E-state index contributed by atoms with van der Waals surface area (Å²) in [5.41, 5.74) is 7.71. The summed E-state index contributed by atoms with van der Waals surface area (Å²) in [5.74, 6) is -0.122. The van der Waals surface area contributed by atoms with E-state index in [0.29, 0.717) is 6.04 Å². The molecule has 1 aliphatic heterocycles. The zero-order chi connectivity index (χ0) is 12.3. The molecule has 0 spiro atoms. The van der Waals surface area contributed by atoms with Gasteiger partial charge in [0.05, 0.1) is 0 Å². The van der Waals surface area contributed by atoms with Crippen LogP contribution in [0.15, 0.2) is 18.2 Å². The molecule has 2 rings (SSSR count). The normalized spacial score (nSPS) is 21.7. The molecule has 0 radical (unpaired) electrons. The molecule has 0 saturated carbocycles. The van der Waals surface area contributed by atoms with Gasteiger partial charge < -0.3 is 5.73 Å². The molecule has 1 heterocycles. The largest absolute Gasteiger partial charge is 0.329 e. The highest BCUT2D eigenvalue weighted by Gasteiger charge is 2.20.